The third-order valence-corrected chi connectivity index (χ3v) is 3.92. The van der Waals surface area contributed by atoms with Gasteiger partial charge in [0.1, 0.15) is 11.9 Å². The summed E-state index contributed by atoms with van der Waals surface area (Å²) in [4.78, 5) is 0.787. The lowest BCUT2D eigenvalue weighted by atomic mass is 9.89. The number of rotatable bonds is 5. The van der Waals surface area contributed by atoms with Crippen LogP contribution in [0.15, 0.2) is 24.3 Å². The molecule has 4 nitrogen and oxygen atoms in total. The monoisotopic (exact) mass is 306 g/mol. The molecule has 1 aromatic heterocycles. The Bertz CT molecular complexity index is 590. The molecule has 5 heteroatoms. The fourth-order valence-corrected chi connectivity index (χ4v) is 2.96. The summed E-state index contributed by atoms with van der Waals surface area (Å²) in [5.74, 6) is 0.722. The molecule has 21 heavy (non-hydrogen) atoms. The molecule has 1 atom stereocenters. The summed E-state index contributed by atoms with van der Waals surface area (Å²) in [6.45, 7) is 8.90. The van der Waals surface area contributed by atoms with Crippen LogP contribution in [0.1, 0.15) is 56.4 Å². The Labute approximate surface area is 130 Å². The van der Waals surface area contributed by atoms with Crippen LogP contribution in [-0.2, 0) is 5.41 Å². The second-order valence-electron chi connectivity index (χ2n) is 6.02. The van der Waals surface area contributed by atoms with E-state index in [0.29, 0.717) is 6.61 Å². The zero-order valence-electron chi connectivity index (χ0n) is 13.0. The first-order valence-corrected chi connectivity index (χ1v) is 7.95. The molecule has 0 radical (unpaired) electrons. The molecule has 1 aromatic carbocycles. The minimum Gasteiger partial charge on any atom is -0.493 e. The van der Waals surface area contributed by atoms with Gasteiger partial charge in [0, 0.05) is 11.0 Å². The highest BCUT2D eigenvalue weighted by Crippen LogP contribution is 2.36. The van der Waals surface area contributed by atoms with Gasteiger partial charge >= 0.3 is 0 Å². The number of hydrogen-bond donors (Lipinski definition) is 1. The van der Waals surface area contributed by atoms with E-state index in [1.165, 1.54) is 11.5 Å². The predicted molar refractivity (Wildman–Crippen MR) is 84.9 cm³/mol. The molecule has 0 aliphatic heterocycles. The fraction of sp³-hybridized carbons (Fsp3) is 0.500. The summed E-state index contributed by atoms with van der Waals surface area (Å²) in [6, 6.07) is 7.60. The van der Waals surface area contributed by atoms with E-state index in [4.69, 9.17) is 4.74 Å². The molecule has 0 aliphatic carbocycles. The number of aliphatic hydroxyl groups is 1. The van der Waals surface area contributed by atoms with E-state index in [1.807, 2.05) is 24.3 Å². The van der Waals surface area contributed by atoms with Crippen molar-refractivity contribution in [2.45, 2.75) is 45.6 Å². The number of benzene rings is 1. The Morgan fingerprint density at radius 2 is 2.00 bits per heavy atom. The molecule has 1 heterocycles. The molecule has 0 aliphatic rings. The summed E-state index contributed by atoms with van der Waals surface area (Å²) in [5.41, 5.74) is 1.45. The summed E-state index contributed by atoms with van der Waals surface area (Å²) in [6.07, 6.45) is 0.173. The summed E-state index contributed by atoms with van der Waals surface area (Å²) in [5, 5.41) is 14.9. The van der Waals surface area contributed by atoms with Crippen LogP contribution in [0.5, 0.6) is 5.75 Å². The van der Waals surface area contributed by atoms with Crippen LogP contribution in [0.4, 0.5) is 0 Å². The molecule has 0 bridgehead atoms. The fourth-order valence-electron chi connectivity index (χ4n) is 2.09. The SMILES string of the molecule is CCCOc1ccccc1C(O)c1snnc1C(C)(C)C. The van der Waals surface area contributed by atoms with E-state index in [2.05, 4.69) is 37.3 Å². The van der Waals surface area contributed by atoms with Gasteiger partial charge in [0.25, 0.3) is 0 Å². The number of aliphatic hydroxyl groups excluding tert-OH is 1. The molecule has 2 rings (SSSR count). The molecule has 2 aromatic rings. The number of nitrogens with zero attached hydrogens (tertiary/aromatic N) is 2. The third kappa shape index (κ3) is 3.60. The van der Waals surface area contributed by atoms with Crippen LogP contribution in [0.25, 0.3) is 0 Å². The topological polar surface area (TPSA) is 55.2 Å². The van der Waals surface area contributed by atoms with Crippen LogP contribution in [0, 0.1) is 0 Å². The average molecular weight is 306 g/mol. The maximum absolute atomic E-state index is 10.8. The summed E-state index contributed by atoms with van der Waals surface area (Å²) >= 11 is 1.25. The zero-order chi connectivity index (χ0) is 15.5. The Hall–Kier alpha value is -1.46. The molecule has 1 N–H and O–H groups in total. The molecule has 0 amide bonds. The van der Waals surface area contributed by atoms with Crippen molar-refractivity contribution in [2.24, 2.45) is 0 Å². The van der Waals surface area contributed by atoms with Crippen molar-refractivity contribution >= 4 is 11.5 Å². The normalized spacial score (nSPS) is 13.2. The second-order valence-corrected chi connectivity index (χ2v) is 6.81. The lowest BCUT2D eigenvalue weighted by molar-refractivity contribution is 0.211. The number of para-hydroxylation sites is 1. The lowest BCUT2D eigenvalue weighted by Crippen LogP contribution is -2.16. The van der Waals surface area contributed by atoms with Crippen LogP contribution in [-0.4, -0.2) is 21.3 Å². The first-order valence-electron chi connectivity index (χ1n) is 7.17. The molecule has 0 fully saturated rings. The van der Waals surface area contributed by atoms with Crippen LogP contribution in [0.3, 0.4) is 0 Å². The van der Waals surface area contributed by atoms with E-state index in [0.717, 1.165) is 28.3 Å². The van der Waals surface area contributed by atoms with Crippen molar-refractivity contribution in [3.63, 3.8) is 0 Å². The smallest absolute Gasteiger partial charge is 0.125 e. The van der Waals surface area contributed by atoms with Crippen molar-refractivity contribution in [1.82, 2.24) is 9.59 Å². The van der Waals surface area contributed by atoms with E-state index in [1.54, 1.807) is 0 Å². The van der Waals surface area contributed by atoms with Crippen molar-refractivity contribution in [1.29, 1.82) is 0 Å². The van der Waals surface area contributed by atoms with Gasteiger partial charge in [-0.05, 0) is 24.0 Å². The Kier molecular flexibility index (Phi) is 4.96. The standard InChI is InChI=1S/C16H22N2O2S/c1-5-10-20-12-9-7-6-8-11(12)13(19)14-15(16(2,3)4)17-18-21-14/h6-9,13,19H,5,10H2,1-4H3. The van der Waals surface area contributed by atoms with Crippen molar-refractivity contribution < 1.29 is 9.84 Å². The molecule has 0 saturated heterocycles. The van der Waals surface area contributed by atoms with Gasteiger partial charge in [0.05, 0.1) is 17.2 Å². The highest BCUT2D eigenvalue weighted by molar-refractivity contribution is 7.05. The molecule has 114 valence electrons. The van der Waals surface area contributed by atoms with E-state index >= 15 is 0 Å². The van der Waals surface area contributed by atoms with E-state index in [-0.39, 0.29) is 5.41 Å². The van der Waals surface area contributed by atoms with Crippen molar-refractivity contribution in [3.05, 3.63) is 40.4 Å². The largest absolute Gasteiger partial charge is 0.493 e. The molecular formula is C16H22N2O2S. The quantitative estimate of drug-likeness (QED) is 0.915. The summed E-state index contributed by atoms with van der Waals surface area (Å²) < 4.78 is 9.75. The van der Waals surface area contributed by atoms with Crippen molar-refractivity contribution in [2.75, 3.05) is 6.61 Å². The highest BCUT2D eigenvalue weighted by atomic mass is 32.1. The van der Waals surface area contributed by atoms with Gasteiger partial charge in [0.2, 0.25) is 0 Å². The Balaban J connectivity index is 2.37. The van der Waals surface area contributed by atoms with Gasteiger partial charge in [-0.2, -0.15) is 0 Å². The lowest BCUT2D eigenvalue weighted by Gasteiger charge is -2.20. The summed E-state index contributed by atoms with van der Waals surface area (Å²) in [7, 11) is 0. The van der Waals surface area contributed by atoms with Gasteiger partial charge in [-0.3, -0.25) is 0 Å². The molecule has 1 unspecified atom stereocenters. The maximum atomic E-state index is 10.8. The van der Waals surface area contributed by atoms with Crippen LogP contribution >= 0.6 is 11.5 Å². The molecule has 0 spiro atoms. The molecular weight excluding hydrogens is 284 g/mol. The Morgan fingerprint density at radius 3 is 2.67 bits per heavy atom. The van der Waals surface area contributed by atoms with E-state index in [9.17, 15) is 5.11 Å². The van der Waals surface area contributed by atoms with Gasteiger partial charge < -0.3 is 9.84 Å². The van der Waals surface area contributed by atoms with Crippen LogP contribution < -0.4 is 4.74 Å². The molecule has 0 saturated carbocycles. The predicted octanol–water partition coefficient (Wildman–Crippen LogP) is 3.71. The first kappa shape index (κ1) is 15.9. The van der Waals surface area contributed by atoms with Gasteiger partial charge in [-0.1, -0.05) is 50.4 Å². The second kappa shape index (κ2) is 6.54. The third-order valence-electron chi connectivity index (χ3n) is 3.15. The average Bonchev–Trinajstić information content (AvgIpc) is 2.94. The van der Waals surface area contributed by atoms with Gasteiger partial charge in [-0.25, -0.2) is 0 Å². The number of ether oxygens (including phenoxy) is 1. The van der Waals surface area contributed by atoms with E-state index < -0.39 is 6.10 Å². The number of aromatic nitrogens is 2. The van der Waals surface area contributed by atoms with Crippen LogP contribution in [0.2, 0.25) is 0 Å². The highest BCUT2D eigenvalue weighted by Gasteiger charge is 2.28. The Morgan fingerprint density at radius 1 is 1.29 bits per heavy atom. The first-order chi connectivity index (χ1) is 9.95. The number of hydrogen-bond acceptors (Lipinski definition) is 5. The minimum absolute atomic E-state index is 0.150. The maximum Gasteiger partial charge on any atom is 0.125 e. The van der Waals surface area contributed by atoms with Crippen molar-refractivity contribution in [3.8, 4) is 5.75 Å². The zero-order valence-corrected chi connectivity index (χ0v) is 13.8. The minimum atomic E-state index is -0.757. The van der Waals surface area contributed by atoms with Gasteiger partial charge in [-0.15, -0.1) is 5.10 Å². The van der Waals surface area contributed by atoms with Gasteiger partial charge in [0.15, 0.2) is 0 Å².